The Morgan fingerprint density at radius 2 is 2.16 bits per heavy atom. The van der Waals surface area contributed by atoms with Crippen molar-refractivity contribution in [2.24, 2.45) is 0 Å². The molecule has 2 rings (SSSR count). The lowest BCUT2D eigenvalue weighted by Crippen LogP contribution is -2.51. The molecule has 0 atom stereocenters. The number of hydrogen-bond donors (Lipinski definition) is 1. The SMILES string of the molecule is CNC1(C)CCN(CC(=O)N(C)C2=CCCC2)CC1. The Labute approximate surface area is 116 Å². The lowest BCUT2D eigenvalue weighted by molar-refractivity contribution is -0.129. The summed E-state index contributed by atoms with van der Waals surface area (Å²) in [6, 6.07) is 0. The first-order chi connectivity index (χ1) is 9.04. The Balaban J connectivity index is 1.80. The molecule has 0 bridgehead atoms. The van der Waals surface area contributed by atoms with Crippen LogP contribution in [0.5, 0.6) is 0 Å². The molecule has 1 heterocycles. The Morgan fingerprint density at radius 1 is 1.47 bits per heavy atom. The van der Waals surface area contributed by atoms with E-state index in [0.717, 1.165) is 38.8 Å². The van der Waals surface area contributed by atoms with Crippen LogP contribution in [-0.2, 0) is 4.79 Å². The number of likely N-dealkylation sites (N-methyl/N-ethyl adjacent to an activating group) is 1. The van der Waals surface area contributed by atoms with E-state index >= 15 is 0 Å². The van der Waals surface area contributed by atoms with Gasteiger partial charge in [0.05, 0.1) is 6.54 Å². The average Bonchev–Trinajstić information content (AvgIpc) is 2.94. The number of carbonyl (C=O) groups excluding carboxylic acids is 1. The van der Waals surface area contributed by atoms with Gasteiger partial charge in [-0.1, -0.05) is 6.08 Å². The molecule has 1 aliphatic heterocycles. The van der Waals surface area contributed by atoms with Crippen molar-refractivity contribution in [3.63, 3.8) is 0 Å². The molecule has 108 valence electrons. The number of allylic oxidation sites excluding steroid dienone is 2. The predicted molar refractivity (Wildman–Crippen MR) is 77.8 cm³/mol. The van der Waals surface area contributed by atoms with Gasteiger partial charge in [-0.05, 0) is 46.1 Å². The average molecular weight is 265 g/mol. The van der Waals surface area contributed by atoms with Crippen LogP contribution >= 0.6 is 0 Å². The molecule has 2 aliphatic rings. The zero-order valence-electron chi connectivity index (χ0n) is 12.5. The summed E-state index contributed by atoms with van der Waals surface area (Å²) in [6.45, 7) is 4.85. The third-order valence-electron chi connectivity index (χ3n) is 4.74. The summed E-state index contributed by atoms with van der Waals surface area (Å²) in [6.07, 6.45) is 7.80. The number of carbonyl (C=O) groups is 1. The fourth-order valence-electron chi connectivity index (χ4n) is 2.87. The van der Waals surface area contributed by atoms with E-state index in [1.807, 2.05) is 19.0 Å². The van der Waals surface area contributed by atoms with E-state index in [2.05, 4.69) is 23.2 Å². The van der Waals surface area contributed by atoms with Gasteiger partial charge < -0.3 is 10.2 Å². The lowest BCUT2D eigenvalue weighted by atomic mass is 9.90. The monoisotopic (exact) mass is 265 g/mol. The number of likely N-dealkylation sites (tertiary alicyclic amines) is 1. The van der Waals surface area contributed by atoms with Crippen LogP contribution in [-0.4, -0.2) is 55.0 Å². The maximum atomic E-state index is 12.3. The van der Waals surface area contributed by atoms with Crippen molar-refractivity contribution in [2.75, 3.05) is 33.7 Å². The highest BCUT2D eigenvalue weighted by Crippen LogP contribution is 2.23. The number of nitrogens with one attached hydrogen (secondary N) is 1. The highest BCUT2D eigenvalue weighted by Gasteiger charge is 2.29. The minimum absolute atomic E-state index is 0.237. The van der Waals surface area contributed by atoms with Crippen LogP contribution in [0.2, 0.25) is 0 Å². The largest absolute Gasteiger partial charge is 0.318 e. The van der Waals surface area contributed by atoms with Gasteiger partial charge in [0.25, 0.3) is 0 Å². The molecule has 0 aromatic rings. The highest BCUT2D eigenvalue weighted by molar-refractivity contribution is 5.79. The van der Waals surface area contributed by atoms with Crippen molar-refractivity contribution in [2.45, 2.75) is 44.6 Å². The van der Waals surface area contributed by atoms with Gasteiger partial charge in [0.1, 0.15) is 0 Å². The lowest BCUT2D eigenvalue weighted by Gasteiger charge is -2.39. The van der Waals surface area contributed by atoms with Gasteiger partial charge >= 0.3 is 0 Å². The van der Waals surface area contributed by atoms with Crippen LogP contribution in [0.1, 0.15) is 39.0 Å². The fraction of sp³-hybridized carbons (Fsp3) is 0.800. The maximum Gasteiger partial charge on any atom is 0.240 e. The van der Waals surface area contributed by atoms with Crippen LogP contribution in [0.4, 0.5) is 0 Å². The van der Waals surface area contributed by atoms with Crippen molar-refractivity contribution in [3.8, 4) is 0 Å². The zero-order valence-corrected chi connectivity index (χ0v) is 12.5. The molecule has 0 spiro atoms. The Kier molecular flexibility index (Phi) is 4.63. The number of nitrogens with zero attached hydrogens (tertiary/aromatic N) is 2. The number of amides is 1. The first-order valence-corrected chi connectivity index (χ1v) is 7.41. The Morgan fingerprint density at radius 3 is 2.68 bits per heavy atom. The molecule has 0 saturated carbocycles. The molecule has 1 fully saturated rings. The first kappa shape index (κ1) is 14.5. The Hall–Kier alpha value is -0.870. The topological polar surface area (TPSA) is 35.6 Å². The minimum atomic E-state index is 0.237. The van der Waals surface area contributed by atoms with Gasteiger partial charge in [-0.3, -0.25) is 9.69 Å². The Bertz CT molecular complexity index is 356. The van der Waals surface area contributed by atoms with E-state index in [1.54, 1.807) is 0 Å². The van der Waals surface area contributed by atoms with Gasteiger partial charge in [-0.25, -0.2) is 0 Å². The van der Waals surface area contributed by atoms with Gasteiger partial charge in [-0.15, -0.1) is 0 Å². The molecule has 1 saturated heterocycles. The second kappa shape index (κ2) is 6.06. The molecular weight excluding hydrogens is 238 g/mol. The summed E-state index contributed by atoms with van der Waals surface area (Å²) in [5.74, 6) is 0.237. The van der Waals surface area contributed by atoms with Crippen LogP contribution < -0.4 is 5.32 Å². The molecule has 0 aromatic heterocycles. The van der Waals surface area contributed by atoms with Gasteiger partial charge in [0.15, 0.2) is 0 Å². The van der Waals surface area contributed by atoms with E-state index in [4.69, 9.17) is 0 Å². The van der Waals surface area contributed by atoms with E-state index in [0.29, 0.717) is 6.54 Å². The quantitative estimate of drug-likeness (QED) is 0.838. The minimum Gasteiger partial charge on any atom is -0.318 e. The standard InChI is InChI=1S/C15H27N3O/c1-15(16-2)8-10-18(11-9-15)12-14(19)17(3)13-6-4-5-7-13/h6,16H,4-5,7-12H2,1-3H3. The zero-order chi connectivity index (χ0) is 13.9. The van der Waals surface area contributed by atoms with E-state index < -0.39 is 0 Å². The highest BCUT2D eigenvalue weighted by atomic mass is 16.2. The molecule has 0 unspecified atom stereocenters. The van der Waals surface area contributed by atoms with Crippen molar-refractivity contribution >= 4 is 5.91 Å². The summed E-state index contributed by atoms with van der Waals surface area (Å²) in [5.41, 5.74) is 1.46. The summed E-state index contributed by atoms with van der Waals surface area (Å²) in [4.78, 5) is 16.4. The van der Waals surface area contributed by atoms with Crippen LogP contribution in [0, 0.1) is 0 Å². The van der Waals surface area contributed by atoms with Gasteiger partial charge in [0.2, 0.25) is 5.91 Å². The molecule has 19 heavy (non-hydrogen) atoms. The molecule has 4 heteroatoms. The molecule has 0 radical (unpaired) electrons. The number of hydrogen-bond acceptors (Lipinski definition) is 3. The number of rotatable bonds is 4. The predicted octanol–water partition coefficient (Wildman–Crippen LogP) is 1.59. The van der Waals surface area contributed by atoms with Crippen molar-refractivity contribution in [1.29, 1.82) is 0 Å². The van der Waals surface area contributed by atoms with Crippen molar-refractivity contribution in [1.82, 2.24) is 15.1 Å². The second-order valence-corrected chi connectivity index (χ2v) is 6.13. The third-order valence-corrected chi connectivity index (χ3v) is 4.74. The molecule has 1 amide bonds. The normalized spacial score (nSPS) is 23.2. The molecule has 4 nitrogen and oxygen atoms in total. The summed E-state index contributed by atoms with van der Waals surface area (Å²) in [7, 11) is 3.95. The van der Waals surface area contributed by atoms with Crippen molar-refractivity contribution in [3.05, 3.63) is 11.8 Å². The van der Waals surface area contributed by atoms with Crippen molar-refractivity contribution < 1.29 is 4.79 Å². The third kappa shape index (κ3) is 3.57. The van der Waals surface area contributed by atoms with Crippen LogP contribution in [0.3, 0.4) is 0 Å². The second-order valence-electron chi connectivity index (χ2n) is 6.13. The number of piperidine rings is 1. The maximum absolute atomic E-state index is 12.3. The van der Waals surface area contributed by atoms with Crippen LogP contribution in [0.15, 0.2) is 11.8 Å². The molecule has 1 aliphatic carbocycles. The fourth-order valence-corrected chi connectivity index (χ4v) is 2.87. The van der Waals surface area contributed by atoms with Crippen LogP contribution in [0.25, 0.3) is 0 Å². The van der Waals surface area contributed by atoms with E-state index in [1.165, 1.54) is 12.1 Å². The summed E-state index contributed by atoms with van der Waals surface area (Å²) < 4.78 is 0. The molecule has 1 N–H and O–H groups in total. The summed E-state index contributed by atoms with van der Waals surface area (Å²) in [5, 5.41) is 3.39. The van der Waals surface area contributed by atoms with E-state index in [9.17, 15) is 4.79 Å². The first-order valence-electron chi connectivity index (χ1n) is 7.41. The van der Waals surface area contributed by atoms with Gasteiger partial charge in [-0.2, -0.15) is 0 Å². The molecule has 0 aromatic carbocycles. The molecular formula is C15H27N3O. The smallest absolute Gasteiger partial charge is 0.240 e. The van der Waals surface area contributed by atoms with Gasteiger partial charge in [0, 0.05) is 31.4 Å². The summed E-state index contributed by atoms with van der Waals surface area (Å²) >= 11 is 0. The van der Waals surface area contributed by atoms with E-state index in [-0.39, 0.29) is 11.4 Å².